The fourth-order valence-electron chi connectivity index (χ4n) is 1.74. The van der Waals surface area contributed by atoms with Gasteiger partial charge in [0.25, 0.3) is 5.91 Å². The Bertz CT molecular complexity index is 388. The van der Waals surface area contributed by atoms with Gasteiger partial charge in [-0.15, -0.1) is 0 Å². The second-order valence-electron chi connectivity index (χ2n) is 4.57. The van der Waals surface area contributed by atoms with E-state index in [1.165, 1.54) is 0 Å². The van der Waals surface area contributed by atoms with Crippen molar-refractivity contribution in [3.05, 3.63) is 29.3 Å². The van der Waals surface area contributed by atoms with Crippen LogP contribution in [0.2, 0.25) is 0 Å². The molecule has 2 N–H and O–H groups in total. The Hall–Kier alpha value is -1.51. The minimum absolute atomic E-state index is 0.0218. The smallest absolute Gasteiger partial charge is 0.251 e. The summed E-state index contributed by atoms with van der Waals surface area (Å²) in [5, 5.41) is 6.28. The molecule has 0 atom stereocenters. The number of hydrogen-bond acceptors (Lipinski definition) is 2. The van der Waals surface area contributed by atoms with Crippen molar-refractivity contribution in [1.82, 2.24) is 5.32 Å². The zero-order valence-electron chi connectivity index (χ0n) is 11.7. The van der Waals surface area contributed by atoms with Crippen LogP contribution in [0.25, 0.3) is 0 Å². The van der Waals surface area contributed by atoms with Crippen LogP contribution in [0.5, 0.6) is 0 Å². The molecule has 0 saturated carbocycles. The van der Waals surface area contributed by atoms with Crippen LogP contribution < -0.4 is 10.6 Å². The maximum atomic E-state index is 11.9. The van der Waals surface area contributed by atoms with Crippen molar-refractivity contribution in [3.8, 4) is 0 Å². The predicted molar refractivity (Wildman–Crippen MR) is 77.2 cm³/mol. The number of rotatable bonds is 7. The van der Waals surface area contributed by atoms with Crippen molar-refractivity contribution in [3.63, 3.8) is 0 Å². The molecule has 0 radical (unpaired) electrons. The van der Waals surface area contributed by atoms with Gasteiger partial charge in [0.1, 0.15) is 0 Å². The van der Waals surface area contributed by atoms with Crippen molar-refractivity contribution >= 4 is 11.6 Å². The summed E-state index contributed by atoms with van der Waals surface area (Å²) in [5.41, 5.74) is 2.97. The summed E-state index contributed by atoms with van der Waals surface area (Å²) in [5.74, 6) is 0.0218. The first-order chi connectivity index (χ1) is 8.69. The Morgan fingerprint density at radius 3 is 2.56 bits per heavy atom. The van der Waals surface area contributed by atoms with Crippen LogP contribution in [0.3, 0.4) is 0 Å². The lowest BCUT2D eigenvalue weighted by molar-refractivity contribution is 0.0953. The first-order valence-corrected chi connectivity index (χ1v) is 6.81. The molecule has 0 aliphatic carbocycles. The highest BCUT2D eigenvalue weighted by Crippen LogP contribution is 2.16. The first-order valence-electron chi connectivity index (χ1n) is 6.81. The lowest BCUT2D eigenvalue weighted by Crippen LogP contribution is -2.24. The predicted octanol–water partition coefficient (Wildman–Crippen LogP) is 3.35. The van der Waals surface area contributed by atoms with Gasteiger partial charge >= 0.3 is 0 Å². The minimum Gasteiger partial charge on any atom is -0.385 e. The van der Waals surface area contributed by atoms with E-state index in [0.717, 1.165) is 49.2 Å². The summed E-state index contributed by atoms with van der Waals surface area (Å²) in [6.45, 7) is 8.00. The highest BCUT2D eigenvalue weighted by molar-refractivity contribution is 5.94. The average molecular weight is 248 g/mol. The van der Waals surface area contributed by atoms with Gasteiger partial charge in [-0.1, -0.05) is 20.3 Å². The molecule has 0 aliphatic heterocycles. The molecule has 0 aromatic heterocycles. The molecule has 1 rings (SSSR count). The quantitative estimate of drug-likeness (QED) is 0.727. The number of benzene rings is 1. The molecule has 1 aromatic rings. The van der Waals surface area contributed by atoms with Crippen LogP contribution in [-0.2, 0) is 0 Å². The average Bonchev–Trinajstić information content (AvgIpc) is 2.37. The van der Waals surface area contributed by atoms with Crippen LogP contribution in [0, 0.1) is 6.92 Å². The fourth-order valence-corrected chi connectivity index (χ4v) is 1.74. The molecule has 0 heterocycles. The van der Waals surface area contributed by atoms with E-state index < -0.39 is 0 Å². The van der Waals surface area contributed by atoms with E-state index in [-0.39, 0.29) is 5.91 Å². The Kier molecular flexibility index (Phi) is 6.26. The number of hydrogen-bond donors (Lipinski definition) is 2. The van der Waals surface area contributed by atoms with Crippen LogP contribution >= 0.6 is 0 Å². The standard InChI is InChI=1S/C15H24N2O/c1-4-6-10-17-15(18)13-7-8-14(12(3)11-13)16-9-5-2/h7-8,11,16H,4-6,9-10H2,1-3H3,(H,17,18). The van der Waals surface area contributed by atoms with Gasteiger partial charge in [-0.3, -0.25) is 4.79 Å². The lowest BCUT2D eigenvalue weighted by Gasteiger charge is -2.10. The van der Waals surface area contributed by atoms with E-state index in [0.29, 0.717) is 0 Å². The number of carbonyl (C=O) groups is 1. The highest BCUT2D eigenvalue weighted by atomic mass is 16.1. The van der Waals surface area contributed by atoms with Crippen LogP contribution in [0.1, 0.15) is 49.0 Å². The summed E-state index contributed by atoms with van der Waals surface area (Å²) >= 11 is 0. The monoisotopic (exact) mass is 248 g/mol. The molecule has 0 fully saturated rings. The largest absolute Gasteiger partial charge is 0.385 e. The Morgan fingerprint density at radius 2 is 1.94 bits per heavy atom. The molecule has 0 spiro atoms. The van der Waals surface area contributed by atoms with Crippen molar-refractivity contribution in [2.45, 2.75) is 40.0 Å². The third-order valence-corrected chi connectivity index (χ3v) is 2.87. The normalized spacial score (nSPS) is 10.2. The van der Waals surface area contributed by atoms with Crippen molar-refractivity contribution in [2.24, 2.45) is 0 Å². The maximum absolute atomic E-state index is 11.9. The van der Waals surface area contributed by atoms with E-state index in [1.807, 2.05) is 25.1 Å². The molecule has 1 aromatic carbocycles. The number of carbonyl (C=O) groups excluding carboxylic acids is 1. The van der Waals surface area contributed by atoms with Crippen LogP contribution in [0.4, 0.5) is 5.69 Å². The van der Waals surface area contributed by atoms with Gasteiger partial charge in [0.15, 0.2) is 0 Å². The van der Waals surface area contributed by atoms with Gasteiger partial charge < -0.3 is 10.6 Å². The molecule has 18 heavy (non-hydrogen) atoms. The summed E-state index contributed by atoms with van der Waals surface area (Å²) in [4.78, 5) is 11.9. The first kappa shape index (κ1) is 14.6. The van der Waals surface area contributed by atoms with Gasteiger partial charge in [-0.2, -0.15) is 0 Å². The summed E-state index contributed by atoms with van der Waals surface area (Å²) < 4.78 is 0. The molecule has 3 heteroatoms. The van der Waals surface area contributed by atoms with Gasteiger partial charge in [0.05, 0.1) is 0 Å². The molecule has 0 unspecified atom stereocenters. The molecule has 0 aliphatic rings. The second kappa shape index (κ2) is 7.75. The molecule has 3 nitrogen and oxygen atoms in total. The maximum Gasteiger partial charge on any atom is 0.251 e. The topological polar surface area (TPSA) is 41.1 Å². The van der Waals surface area contributed by atoms with Crippen LogP contribution in [-0.4, -0.2) is 19.0 Å². The Balaban J connectivity index is 2.62. The molecular formula is C15H24N2O. The van der Waals surface area contributed by atoms with Gasteiger partial charge in [0.2, 0.25) is 0 Å². The van der Waals surface area contributed by atoms with Gasteiger partial charge in [0, 0.05) is 24.3 Å². The fraction of sp³-hybridized carbons (Fsp3) is 0.533. The van der Waals surface area contributed by atoms with Crippen LogP contribution in [0.15, 0.2) is 18.2 Å². The zero-order valence-corrected chi connectivity index (χ0v) is 11.7. The number of nitrogens with one attached hydrogen (secondary N) is 2. The highest BCUT2D eigenvalue weighted by Gasteiger charge is 2.06. The van der Waals surface area contributed by atoms with E-state index in [9.17, 15) is 4.79 Å². The summed E-state index contributed by atoms with van der Waals surface area (Å²) in [7, 11) is 0. The Morgan fingerprint density at radius 1 is 1.17 bits per heavy atom. The molecule has 100 valence electrons. The molecular weight excluding hydrogens is 224 g/mol. The van der Waals surface area contributed by atoms with Gasteiger partial charge in [-0.25, -0.2) is 0 Å². The van der Waals surface area contributed by atoms with E-state index >= 15 is 0 Å². The third kappa shape index (κ3) is 4.40. The molecule has 1 amide bonds. The third-order valence-electron chi connectivity index (χ3n) is 2.87. The number of aryl methyl sites for hydroxylation is 1. The van der Waals surface area contributed by atoms with Gasteiger partial charge in [-0.05, 0) is 43.5 Å². The summed E-state index contributed by atoms with van der Waals surface area (Å²) in [6, 6.07) is 5.81. The SMILES string of the molecule is CCCCNC(=O)c1ccc(NCCC)c(C)c1. The molecule has 0 saturated heterocycles. The number of anilines is 1. The second-order valence-corrected chi connectivity index (χ2v) is 4.57. The van der Waals surface area contributed by atoms with Crippen molar-refractivity contribution in [1.29, 1.82) is 0 Å². The van der Waals surface area contributed by atoms with E-state index in [4.69, 9.17) is 0 Å². The Labute approximate surface area is 110 Å². The number of amides is 1. The van der Waals surface area contributed by atoms with E-state index in [1.54, 1.807) is 0 Å². The lowest BCUT2D eigenvalue weighted by atomic mass is 10.1. The molecule has 0 bridgehead atoms. The summed E-state index contributed by atoms with van der Waals surface area (Å²) in [6.07, 6.45) is 3.22. The minimum atomic E-state index is 0.0218. The van der Waals surface area contributed by atoms with Crippen molar-refractivity contribution < 1.29 is 4.79 Å². The van der Waals surface area contributed by atoms with Crippen molar-refractivity contribution in [2.75, 3.05) is 18.4 Å². The van der Waals surface area contributed by atoms with E-state index in [2.05, 4.69) is 24.5 Å². The number of unbranched alkanes of at least 4 members (excludes halogenated alkanes) is 1. The zero-order chi connectivity index (χ0) is 13.4.